The van der Waals surface area contributed by atoms with Crippen molar-refractivity contribution in [3.63, 3.8) is 0 Å². The van der Waals surface area contributed by atoms with Crippen molar-refractivity contribution in [2.75, 3.05) is 20.3 Å². The van der Waals surface area contributed by atoms with Gasteiger partial charge < -0.3 is 14.8 Å². The molecule has 0 radical (unpaired) electrons. The Morgan fingerprint density at radius 2 is 2.05 bits per heavy atom. The van der Waals surface area contributed by atoms with Crippen LogP contribution in [0.2, 0.25) is 0 Å². The molecule has 0 atom stereocenters. The molecule has 1 N–H and O–H groups in total. The van der Waals surface area contributed by atoms with Crippen LogP contribution in [0.15, 0.2) is 46.5 Å². The molecule has 104 valence electrons. The van der Waals surface area contributed by atoms with Crippen LogP contribution in [0.3, 0.4) is 0 Å². The van der Waals surface area contributed by atoms with Gasteiger partial charge in [-0.25, -0.2) is 4.98 Å². The highest BCUT2D eigenvalue weighted by atomic mass is 32.2. The highest BCUT2D eigenvalue weighted by Crippen LogP contribution is 2.37. The van der Waals surface area contributed by atoms with Crippen molar-refractivity contribution >= 4 is 11.8 Å². The number of pyridine rings is 1. The molecule has 1 aromatic heterocycles. The van der Waals surface area contributed by atoms with Crippen LogP contribution in [-0.2, 0) is 6.54 Å². The lowest BCUT2D eigenvalue weighted by Gasteiger charge is -2.18. The molecule has 0 fully saturated rings. The van der Waals surface area contributed by atoms with E-state index in [1.165, 1.54) is 5.56 Å². The highest BCUT2D eigenvalue weighted by Gasteiger charge is 2.13. The third-order valence-corrected chi connectivity index (χ3v) is 4.00. The number of nitrogens with one attached hydrogen (secondary N) is 1. The van der Waals surface area contributed by atoms with Gasteiger partial charge in [0.1, 0.15) is 18.2 Å². The van der Waals surface area contributed by atoms with Gasteiger partial charge in [0.25, 0.3) is 0 Å². The molecule has 0 saturated carbocycles. The fourth-order valence-electron chi connectivity index (χ4n) is 2.04. The van der Waals surface area contributed by atoms with Gasteiger partial charge in [0.2, 0.25) is 0 Å². The second-order valence-corrected chi connectivity index (χ2v) is 5.47. The number of ether oxygens (including phenoxy) is 2. The van der Waals surface area contributed by atoms with E-state index in [2.05, 4.69) is 16.4 Å². The van der Waals surface area contributed by atoms with Crippen molar-refractivity contribution in [3.05, 3.63) is 42.1 Å². The monoisotopic (exact) mass is 288 g/mol. The number of benzene rings is 1. The molecule has 3 rings (SSSR count). The number of aromatic nitrogens is 1. The zero-order valence-electron chi connectivity index (χ0n) is 11.3. The normalized spacial score (nSPS) is 13.2. The third kappa shape index (κ3) is 2.89. The quantitative estimate of drug-likeness (QED) is 0.937. The number of hydrogen-bond donors (Lipinski definition) is 1. The molecule has 1 aliphatic heterocycles. The van der Waals surface area contributed by atoms with E-state index in [-0.39, 0.29) is 0 Å². The van der Waals surface area contributed by atoms with Crippen LogP contribution in [0, 0.1) is 0 Å². The van der Waals surface area contributed by atoms with Crippen LogP contribution in [0.5, 0.6) is 11.5 Å². The summed E-state index contributed by atoms with van der Waals surface area (Å²) in [6, 6.07) is 10.1. The number of rotatable bonds is 4. The molecule has 0 unspecified atom stereocenters. The molecule has 4 nitrogen and oxygen atoms in total. The second kappa shape index (κ2) is 6.15. The Labute approximate surface area is 122 Å². The Morgan fingerprint density at radius 1 is 1.20 bits per heavy atom. The molecule has 2 aromatic rings. The molecule has 0 spiro atoms. The van der Waals surface area contributed by atoms with Gasteiger partial charge in [0.05, 0.1) is 0 Å². The first-order valence-corrected chi connectivity index (χ1v) is 7.34. The summed E-state index contributed by atoms with van der Waals surface area (Å²) in [5, 5.41) is 4.17. The summed E-state index contributed by atoms with van der Waals surface area (Å²) in [6.45, 7) is 2.03. The zero-order valence-corrected chi connectivity index (χ0v) is 12.1. The van der Waals surface area contributed by atoms with Gasteiger partial charge in [0.15, 0.2) is 11.5 Å². The Kier molecular flexibility index (Phi) is 4.08. The van der Waals surface area contributed by atoms with Gasteiger partial charge in [-0.05, 0) is 36.9 Å². The summed E-state index contributed by atoms with van der Waals surface area (Å²) in [5.41, 5.74) is 1.19. The van der Waals surface area contributed by atoms with Crippen LogP contribution in [0.4, 0.5) is 0 Å². The average molecular weight is 288 g/mol. The van der Waals surface area contributed by atoms with Crippen LogP contribution in [0.1, 0.15) is 5.56 Å². The maximum atomic E-state index is 5.61. The minimum absolute atomic E-state index is 0.607. The van der Waals surface area contributed by atoms with E-state index in [0.29, 0.717) is 13.2 Å². The lowest BCUT2D eigenvalue weighted by atomic mass is 10.3. The van der Waals surface area contributed by atoms with Gasteiger partial charge in [0, 0.05) is 17.6 Å². The topological polar surface area (TPSA) is 43.4 Å². The predicted molar refractivity (Wildman–Crippen MR) is 78.6 cm³/mol. The SMILES string of the molecule is CNCc1cccnc1Sc1ccc2c(c1)OCCO2. The maximum Gasteiger partial charge on any atom is 0.162 e. The van der Waals surface area contributed by atoms with Gasteiger partial charge in [-0.2, -0.15) is 0 Å². The molecule has 20 heavy (non-hydrogen) atoms. The van der Waals surface area contributed by atoms with E-state index in [4.69, 9.17) is 9.47 Å². The fourth-order valence-corrected chi connectivity index (χ4v) is 2.95. The highest BCUT2D eigenvalue weighted by molar-refractivity contribution is 7.99. The first-order chi connectivity index (χ1) is 9.86. The molecule has 5 heteroatoms. The Bertz CT molecular complexity index is 604. The maximum absolute atomic E-state index is 5.61. The lowest BCUT2D eigenvalue weighted by molar-refractivity contribution is 0.171. The average Bonchev–Trinajstić information content (AvgIpc) is 2.49. The number of fused-ring (bicyclic) bond motifs is 1. The summed E-state index contributed by atoms with van der Waals surface area (Å²) in [5.74, 6) is 1.63. The van der Waals surface area contributed by atoms with E-state index >= 15 is 0 Å². The van der Waals surface area contributed by atoms with E-state index in [0.717, 1.165) is 28.0 Å². The van der Waals surface area contributed by atoms with Crippen molar-refractivity contribution in [3.8, 4) is 11.5 Å². The molecular weight excluding hydrogens is 272 g/mol. The minimum Gasteiger partial charge on any atom is -0.486 e. The van der Waals surface area contributed by atoms with Crippen LogP contribution >= 0.6 is 11.8 Å². The summed E-state index contributed by atoms with van der Waals surface area (Å²) in [7, 11) is 1.94. The minimum atomic E-state index is 0.607. The van der Waals surface area contributed by atoms with Crippen LogP contribution in [0.25, 0.3) is 0 Å². The van der Waals surface area contributed by atoms with Crippen molar-refractivity contribution in [2.45, 2.75) is 16.5 Å². The van der Waals surface area contributed by atoms with Crippen molar-refractivity contribution < 1.29 is 9.47 Å². The fraction of sp³-hybridized carbons (Fsp3) is 0.267. The van der Waals surface area contributed by atoms with Crippen LogP contribution in [-0.4, -0.2) is 25.2 Å². The Hall–Kier alpha value is -1.72. The van der Waals surface area contributed by atoms with E-state index in [9.17, 15) is 0 Å². The first-order valence-electron chi connectivity index (χ1n) is 6.53. The third-order valence-electron chi connectivity index (χ3n) is 2.95. The summed E-state index contributed by atoms with van der Waals surface area (Å²) >= 11 is 1.64. The Morgan fingerprint density at radius 3 is 2.90 bits per heavy atom. The Balaban J connectivity index is 1.84. The first kappa shape index (κ1) is 13.3. The number of hydrogen-bond acceptors (Lipinski definition) is 5. The van der Waals surface area contributed by atoms with E-state index in [1.807, 2.05) is 37.5 Å². The van der Waals surface area contributed by atoms with Gasteiger partial charge in [-0.1, -0.05) is 17.8 Å². The molecular formula is C15H16N2O2S. The smallest absolute Gasteiger partial charge is 0.162 e. The lowest BCUT2D eigenvalue weighted by Crippen LogP contribution is -2.15. The van der Waals surface area contributed by atoms with Gasteiger partial charge in [-0.3, -0.25) is 0 Å². The summed E-state index contributed by atoms with van der Waals surface area (Å²) in [6.07, 6.45) is 1.82. The molecule has 0 aliphatic carbocycles. The summed E-state index contributed by atoms with van der Waals surface area (Å²) in [4.78, 5) is 5.56. The van der Waals surface area contributed by atoms with Gasteiger partial charge in [-0.15, -0.1) is 0 Å². The molecule has 1 aliphatic rings. The van der Waals surface area contributed by atoms with Crippen molar-refractivity contribution in [2.24, 2.45) is 0 Å². The predicted octanol–water partition coefficient (Wildman–Crippen LogP) is 2.72. The molecule has 0 bridgehead atoms. The zero-order chi connectivity index (χ0) is 13.8. The second-order valence-electron chi connectivity index (χ2n) is 4.41. The van der Waals surface area contributed by atoms with E-state index < -0.39 is 0 Å². The van der Waals surface area contributed by atoms with Crippen LogP contribution < -0.4 is 14.8 Å². The molecule has 0 amide bonds. The van der Waals surface area contributed by atoms with E-state index in [1.54, 1.807) is 11.8 Å². The van der Waals surface area contributed by atoms with Crippen molar-refractivity contribution in [1.82, 2.24) is 10.3 Å². The largest absolute Gasteiger partial charge is 0.486 e. The molecule has 0 saturated heterocycles. The number of nitrogens with zero attached hydrogens (tertiary/aromatic N) is 1. The van der Waals surface area contributed by atoms with Gasteiger partial charge >= 0.3 is 0 Å². The molecule has 2 heterocycles. The molecule has 1 aromatic carbocycles. The summed E-state index contributed by atoms with van der Waals surface area (Å²) < 4.78 is 11.1. The standard InChI is InChI=1S/C15H16N2O2S/c1-16-10-11-3-2-6-17-15(11)20-12-4-5-13-14(9-12)19-8-7-18-13/h2-6,9,16H,7-8,10H2,1H3. The van der Waals surface area contributed by atoms with Crippen molar-refractivity contribution in [1.29, 1.82) is 0 Å².